The lowest BCUT2D eigenvalue weighted by atomic mass is 9.82. The van der Waals surface area contributed by atoms with Crippen LogP contribution in [-0.4, -0.2) is 11.3 Å². The lowest BCUT2D eigenvalue weighted by Crippen LogP contribution is -2.22. The van der Waals surface area contributed by atoms with E-state index in [0.717, 1.165) is 11.8 Å². The van der Waals surface area contributed by atoms with Crippen LogP contribution in [0.5, 0.6) is 0 Å². The SMILES string of the molecule is C=CCC(C)(C=O)c1cccnc1. The van der Waals surface area contributed by atoms with Gasteiger partial charge in [0.05, 0.1) is 5.41 Å². The molecule has 0 saturated carbocycles. The van der Waals surface area contributed by atoms with Crippen LogP contribution in [0, 0.1) is 0 Å². The Morgan fingerprint density at radius 3 is 2.92 bits per heavy atom. The molecule has 1 aromatic heterocycles. The third kappa shape index (κ3) is 2.02. The van der Waals surface area contributed by atoms with Crippen molar-refractivity contribution < 1.29 is 4.79 Å². The van der Waals surface area contributed by atoms with Crippen LogP contribution in [0.15, 0.2) is 37.2 Å². The fourth-order valence-electron chi connectivity index (χ4n) is 1.23. The highest BCUT2D eigenvalue weighted by Crippen LogP contribution is 2.24. The van der Waals surface area contributed by atoms with E-state index in [1.807, 2.05) is 19.1 Å². The number of pyridine rings is 1. The third-order valence-corrected chi connectivity index (χ3v) is 2.15. The zero-order chi connectivity index (χ0) is 9.73. The molecule has 0 aliphatic carbocycles. The standard InChI is InChI=1S/C11H13NO/c1-3-6-11(2,9-13)10-5-4-7-12-8-10/h3-5,7-9H,1,6H2,2H3. The van der Waals surface area contributed by atoms with Gasteiger partial charge < -0.3 is 4.79 Å². The highest BCUT2D eigenvalue weighted by Gasteiger charge is 2.24. The molecule has 0 aromatic carbocycles. The molecule has 0 aliphatic rings. The van der Waals surface area contributed by atoms with Crippen molar-refractivity contribution in [1.82, 2.24) is 4.98 Å². The first kappa shape index (κ1) is 9.65. The van der Waals surface area contributed by atoms with E-state index in [1.165, 1.54) is 0 Å². The van der Waals surface area contributed by atoms with E-state index < -0.39 is 5.41 Å². The summed E-state index contributed by atoms with van der Waals surface area (Å²) in [6, 6.07) is 3.74. The van der Waals surface area contributed by atoms with E-state index in [2.05, 4.69) is 11.6 Å². The molecule has 0 fully saturated rings. The van der Waals surface area contributed by atoms with Crippen LogP contribution in [0.1, 0.15) is 18.9 Å². The normalized spacial score (nSPS) is 14.5. The summed E-state index contributed by atoms with van der Waals surface area (Å²) in [6.45, 7) is 5.53. The van der Waals surface area contributed by atoms with Crippen molar-refractivity contribution in [2.75, 3.05) is 0 Å². The van der Waals surface area contributed by atoms with Crippen molar-refractivity contribution in [3.05, 3.63) is 42.7 Å². The van der Waals surface area contributed by atoms with Crippen molar-refractivity contribution in [3.63, 3.8) is 0 Å². The molecule has 1 atom stereocenters. The molecule has 1 unspecified atom stereocenters. The molecule has 0 amide bonds. The first-order chi connectivity index (χ1) is 6.23. The van der Waals surface area contributed by atoms with E-state index in [-0.39, 0.29) is 0 Å². The largest absolute Gasteiger partial charge is 0.302 e. The summed E-state index contributed by atoms with van der Waals surface area (Å²) >= 11 is 0. The number of hydrogen-bond donors (Lipinski definition) is 0. The van der Waals surface area contributed by atoms with Crippen molar-refractivity contribution in [2.45, 2.75) is 18.8 Å². The van der Waals surface area contributed by atoms with Gasteiger partial charge in [-0.25, -0.2) is 0 Å². The fourth-order valence-corrected chi connectivity index (χ4v) is 1.23. The summed E-state index contributed by atoms with van der Waals surface area (Å²) in [6.07, 6.45) is 6.76. The zero-order valence-electron chi connectivity index (χ0n) is 7.73. The summed E-state index contributed by atoms with van der Waals surface area (Å²) < 4.78 is 0. The molecule has 1 heterocycles. The molecule has 0 bridgehead atoms. The quantitative estimate of drug-likeness (QED) is 0.518. The minimum Gasteiger partial charge on any atom is -0.302 e. The number of aromatic nitrogens is 1. The van der Waals surface area contributed by atoms with Crippen molar-refractivity contribution in [3.8, 4) is 0 Å². The maximum Gasteiger partial charge on any atom is 0.130 e. The Kier molecular flexibility index (Phi) is 2.96. The molecule has 0 aliphatic heterocycles. The molecule has 2 nitrogen and oxygen atoms in total. The molecular weight excluding hydrogens is 162 g/mol. The minimum absolute atomic E-state index is 0.476. The fraction of sp³-hybridized carbons (Fsp3) is 0.273. The molecule has 1 aromatic rings. The molecule has 0 N–H and O–H groups in total. The van der Waals surface area contributed by atoms with Crippen LogP contribution in [0.3, 0.4) is 0 Å². The maximum absolute atomic E-state index is 10.9. The third-order valence-electron chi connectivity index (χ3n) is 2.15. The Labute approximate surface area is 78.3 Å². The summed E-state index contributed by atoms with van der Waals surface area (Å²) in [5.74, 6) is 0. The number of carbonyl (C=O) groups excluding carboxylic acids is 1. The van der Waals surface area contributed by atoms with Gasteiger partial charge in [0.2, 0.25) is 0 Å². The molecule has 0 saturated heterocycles. The van der Waals surface area contributed by atoms with E-state index in [9.17, 15) is 4.79 Å². The van der Waals surface area contributed by atoms with E-state index >= 15 is 0 Å². The van der Waals surface area contributed by atoms with E-state index in [0.29, 0.717) is 6.42 Å². The first-order valence-corrected chi connectivity index (χ1v) is 4.20. The lowest BCUT2D eigenvalue weighted by Gasteiger charge is -2.20. The van der Waals surface area contributed by atoms with Gasteiger partial charge in [0.15, 0.2) is 0 Å². The molecule has 13 heavy (non-hydrogen) atoms. The molecule has 0 spiro atoms. The smallest absolute Gasteiger partial charge is 0.130 e. The van der Waals surface area contributed by atoms with Gasteiger partial charge in [0, 0.05) is 12.4 Å². The number of hydrogen-bond acceptors (Lipinski definition) is 2. The molecule has 0 radical (unpaired) electrons. The maximum atomic E-state index is 10.9. The average Bonchev–Trinajstić information content (AvgIpc) is 2.19. The molecular formula is C11H13NO. The number of allylic oxidation sites excluding steroid dienone is 1. The van der Waals surface area contributed by atoms with Crippen molar-refractivity contribution in [2.24, 2.45) is 0 Å². The average molecular weight is 175 g/mol. The Morgan fingerprint density at radius 2 is 2.46 bits per heavy atom. The van der Waals surface area contributed by atoms with Gasteiger partial charge in [-0.05, 0) is 25.0 Å². The second kappa shape index (κ2) is 3.99. The summed E-state index contributed by atoms with van der Waals surface area (Å²) in [5, 5.41) is 0. The van der Waals surface area contributed by atoms with Gasteiger partial charge in [-0.3, -0.25) is 4.98 Å². The predicted molar refractivity (Wildman–Crippen MR) is 52.5 cm³/mol. The first-order valence-electron chi connectivity index (χ1n) is 4.20. The van der Waals surface area contributed by atoms with Gasteiger partial charge in [-0.2, -0.15) is 0 Å². The van der Waals surface area contributed by atoms with Crippen molar-refractivity contribution >= 4 is 6.29 Å². The minimum atomic E-state index is -0.476. The summed E-state index contributed by atoms with van der Waals surface area (Å²) in [4.78, 5) is 14.9. The van der Waals surface area contributed by atoms with Gasteiger partial charge in [-0.1, -0.05) is 12.1 Å². The van der Waals surface area contributed by atoms with E-state index in [1.54, 1.807) is 18.5 Å². The number of nitrogens with zero attached hydrogens (tertiary/aromatic N) is 1. The molecule has 68 valence electrons. The van der Waals surface area contributed by atoms with Gasteiger partial charge >= 0.3 is 0 Å². The van der Waals surface area contributed by atoms with Crippen LogP contribution >= 0.6 is 0 Å². The number of carbonyl (C=O) groups is 1. The summed E-state index contributed by atoms with van der Waals surface area (Å²) in [7, 11) is 0. The van der Waals surface area contributed by atoms with Crippen LogP contribution in [0.2, 0.25) is 0 Å². The Morgan fingerprint density at radius 1 is 1.69 bits per heavy atom. The Balaban J connectivity index is 3.02. The lowest BCUT2D eigenvalue weighted by molar-refractivity contribution is -0.112. The zero-order valence-corrected chi connectivity index (χ0v) is 7.73. The van der Waals surface area contributed by atoms with E-state index in [4.69, 9.17) is 0 Å². The second-order valence-corrected chi connectivity index (χ2v) is 3.27. The predicted octanol–water partition coefficient (Wildman–Crippen LogP) is 2.11. The van der Waals surface area contributed by atoms with Crippen LogP contribution in [0.25, 0.3) is 0 Å². The highest BCUT2D eigenvalue weighted by atomic mass is 16.1. The van der Waals surface area contributed by atoms with Crippen LogP contribution in [0.4, 0.5) is 0 Å². The van der Waals surface area contributed by atoms with Gasteiger partial charge in [0.1, 0.15) is 6.29 Å². The highest BCUT2D eigenvalue weighted by molar-refractivity contribution is 5.67. The van der Waals surface area contributed by atoms with Crippen LogP contribution < -0.4 is 0 Å². The number of rotatable bonds is 4. The van der Waals surface area contributed by atoms with Gasteiger partial charge in [0.25, 0.3) is 0 Å². The monoisotopic (exact) mass is 175 g/mol. The van der Waals surface area contributed by atoms with Gasteiger partial charge in [-0.15, -0.1) is 6.58 Å². The van der Waals surface area contributed by atoms with Crippen molar-refractivity contribution in [1.29, 1.82) is 0 Å². The molecule has 2 heteroatoms. The molecule has 1 rings (SSSR count). The Bertz CT molecular complexity index is 294. The second-order valence-electron chi connectivity index (χ2n) is 3.27. The number of aldehydes is 1. The van der Waals surface area contributed by atoms with Crippen LogP contribution in [-0.2, 0) is 10.2 Å². The summed E-state index contributed by atoms with van der Waals surface area (Å²) in [5.41, 5.74) is 0.459. The Hall–Kier alpha value is -1.44. The topological polar surface area (TPSA) is 30.0 Å².